The standard InChI is InChI=1S/C19H25N5O/c1-5-15-6-8-16(9-7-15)22-18(25)11-10-17-12(2)20-19-21-14(4)23-24(19)13(17)3/h6-9,12H,5,10-11H2,1-4H3,(H,22,25)(H,20,21,23). The normalized spacial score (nSPS) is 16.4. The van der Waals surface area contributed by atoms with E-state index < -0.39 is 0 Å². The maximum Gasteiger partial charge on any atom is 0.226 e. The number of aryl methyl sites for hydroxylation is 2. The molecule has 1 unspecified atom stereocenters. The van der Waals surface area contributed by atoms with Crippen molar-refractivity contribution in [3.05, 3.63) is 41.2 Å². The van der Waals surface area contributed by atoms with Gasteiger partial charge in [-0.05, 0) is 56.9 Å². The van der Waals surface area contributed by atoms with Crippen molar-refractivity contribution in [1.29, 1.82) is 0 Å². The third-order valence-electron chi connectivity index (χ3n) is 4.63. The third kappa shape index (κ3) is 3.73. The van der Waals surface area contributed by atoms with Gasteiger partial charge in [0.05, 0.1) is 0 Å². The number of nitrogens with one attached hydrogen (secondary N) is 2. The summed E-state index contributed by atoms with van der Waals surface area (Å²) in [6.45, 7) is 8.12. The predicted molar refractivity (Wildman–Crippen MR) is 100 cm³/mol. The lowest BCUT2D eigenvalue weighted by Gasteiger charge is -2.26. The Labute approximate surface area is 148 Å². The van der Waals surface area contributed by atoms with Crippen LogP contribution in [0.4, 0.5) is 11.6 Å². The molecule has 25 heavy (non-hydrogen) atoms. The second-order valence-corrected chi connectivity index (χ2v) is 6.47. The van der Waals surface area contributed by atoms with Crippen LogP contribution in [0.5, 0.6) is 0 Å². The van der Waals surface area contributed by atoms with Crippen LogP contribution in [-0.2, 0) is 11.2 Å². The molecule has 6 heteroatoms. The first-order chi connectivity index (χ1) is 12.0. The molecule has 0 saturated carbocycles. The van der Waals surface area contributed by atoms with Crippen molar-refractivity contribution in [3.8, 4) is 0 Å². The van der Waals surface area contributed by atoms with Gasteiger partial charge in [0.25, 0.3) is 0 Å². The van der Waals surface area contributed by atoms with Gasteiger partial charge in [0.15, 0.2) is 0 Å². The van der Waals surface area contributed by atoms with E-state index in [1.807, 2.05) is 42.8 Å². The highest BCUT2D eigenvalue weighted by atomic mass is 16.1. The molecule has 2 aromatic rings. The van der Waals surface area contributed by atoms with Gasteiger partial charge < -0.3 is 10.6 Å². The molecule has 1 atom stereocenters. The molecule has 6 nitrogen and oxygen atoms in total. The first-order valence-electron chi connectivity index (χ1n) is 8.77. The van der Waals surface area contributed by atoms with Crippen molar-refractivity contribution in [2.24, 2.45) is 0 Å². The summed E-state index contributed by atoms with van der Waals surface area (Å²) in [5.41, 5.74) is 4.35. The van der Waals surface area contributed by atoms with E-state index in [2.05, 4.69) is 34.6 Å². The molecule has 0 spiro atoms. The van der Waals surface area contributed by atoms with Crippen molar-refractivity contribution >= 4 is 23.2 Å². The number of benzene rings is 1. The summed E-state index contributed by atoms with van der Waals surface area (Å²) >= 11 is 0. The van der Waals surface area contributed by atoms with E-state index >= 15 is 0 Å². The van der Waals surface area contributed by atoms with Gasteiger partial charge in [0.1, 0.15) is 5.82 Å². The highest BCUT2D eigenvalue weighted by molar-refractivity contribution is 5.91. The fourth-order valence-electron chi connectivity index (χ4n) is 3.17. The number of aromatic nitrogens is 3. The smallest absolute Gasteiger partial charge is 0.226 e. The van der Waals surface area contributed by atoms with Crippen LogP contribution in [0.25, 0.3) is 5.70 Å². The number of nitrogens with zero attached hydrogens (tertiary/aromatic N) is 3. The van der Waals surface area contributed by atoms with Crippen molar-refractivity contribution in [3.63, 3.8) is 0 Å². The van der Waals surface area contributed by atoms with Crippen LogP contribution in [0, 0.1) is 6.92 Å². The topological polar surface area (TPSA) is 71.8 Å². The van der Waals surface area contributed by atoms with Crippen molar-refractivity contribution in [1.82, 2.24) is 14.8 Å². The van der Waals surface area contributed by atoms with Crippen molar-refractivity contribution < 1.29 is 4.79 Å². The van der Waals surface area contributed by atoms with Crippen LogP contribution in [0.3, 0.4) is 0 Å². The Morgan fingerprint density at radius 3 is 2.68 bits per heavy atom. The lowest BCUT2D eigenvalue weighted by molar-refractivity contribution is -0.116. The fraction of sp³-hybridized carbons (Fsp3) is 0.421. The second kappa shape index (κ2) is 7.09. The first kappa shape index (κ1) is 17.2. The Hall–Kier alpha value is -2.63. The van der Waals surface area contributed by atoms with E-state index in [1.165, 1.54) is 11.1 Å². The zero-order chi connectivity index (χ0) is 18.0. The zero-order valence-corrected chi connectivity index (χ0v) is 15.3. The minimum absolute atomic E-state index is 0.0253. The highest BCUT2D eigenvalue weighted by Gasteiger charge is 2.24. The van der Waals surface area contributed by atoms with E-state index in [0.29, 0.717) is 12.8 Å². The molecule has 1 aromatic heterocycles. The molecule has 1 aliphatic rings. The minimum atomic E-state index is 0.0253. The third-order valence-corrected chi connectivity index (χ3v) is 4.63. The summed E-state index contributed by atoms with van der Waals surface area (Å²) in [5, 5.41) is 10.7. The molecule has 2 heterocycles. The van der Waals surface area contributed by atoms with E-state index in [1.54, 1.807) is 0 Å². The van der Waals surface area contributed by atoms with Crippen LogP contribution in [-0.4, -0.2) is 26.7 Å². The van der Waals surface area contributed by atoms with Gasteiger partial charge in [0.2, 0.25) is 11.9 Å². The van der Waals surface area contributed by atoms with Gasteiger partial charge in [-0.25, -0.2) is 4.68 Å². The van der Waals surface area contributed by atoms with Gasteiger partial charge in [0, 0.05) is 23.8 Å². The van der Waals surface area contributed by atoms with E-state index in [0.717, 1.165) is 29.6 Å². The summed E-state index contributed by atoms with van der Waals surface area (Å²) in [6, 6.07) is 8.15. The Balaban J connectivity index is 1.64. The van der Waals surface area contributed by atoms with Gasteiger partial charge in [-0.15, -0.1) is 0 Å². The first-order valence-corrected chi connectivity index (χ1v) is 8.77. The zero-order valence-electron chi connectivity index (χ0n) is 15.3. The number of hydrogen-bond acceptors (Lipinski definition) is 4. The number of anilines is 2. The number of rotatable bonds is 5. The van der Waals surface area contributed by atoms with E-state index in [4.69, 9.17) is 0 Å². The van der Waals surface area contributed by atoms with Crippen LogP contribution in [0.1, 0.15) is 45.0 Å². The molecule has 1 aromatic carbocycles. The molecular formula is C19H25N5O. The Bertz CT molecular complexity index is 804. The average molecular weight is 339 g/mol. The highest BCUT2D eigenvalue weighted by Crippen LogP contribution is 2.28. The number of fused-ring (bicyclic) bond motifs is 1. The Kier molecular flexibility index (Phi) is 4.88. The molecule has 2 N–H and O–H groups in total. The van der Waals surface area contributed by atoms with Crippen molar-refractivity contribution in [2.75, 3.05) is 10.6 Å². The lowest BCUT2D eigenvalue weighted by atomic mass is 9.99. The summed E-state index contributed by atoms with van der Waals surface area (Å²) in [4.78, 5) is 16.7. The van der Waals surface area contributed by atoms with Crippen LogP contribution in [0.2, 0.25) is 0 Å². The minimum Gasteiger partial charge on any atom is -0.348 e. The largest absolute Gasteiger partial charge is 0.348 e. The van der Waals surface area contributed by atoms with Crippen LogP contribution in [0.15, 0.2) is 29.8 Å². The summed E-state index contributed by atoms with van der Waals surface area (Å²) < 4.78 is 1.83. The SMILES string of the molecule is CCc1ccc(NC(=O)CCC2=C(C)n3nc(C)nc3NC2C)cc1. The molecule has 132 valence electrons. The molecule has 0 bridgehead atoms. The van der Waals surface area contributed by atoms with Gasteiger partial charge >= 0.3 is 0 Å². The number of carbonyl (C=O) groups is 1. The monoisotopic (exact) mass is 339 g/mol. The summed E-state index contributed by atoms with van der Waals surface area (Å²) in [5.74, 6) is 1.53. The quantitative estimate of drug-likeness (QED) is 0.873. The Morgan fingerprint density at radius 1 is 1.28 bits per heavy atom. The molecule has 0 radical (unpaired) electrons. The second-order valence-electron chi connectivity index (χ2n) is 6.47. The lowest BCUT2D eigenvalue weighted by Crippen LogP contribution is -2.28. The van der Waals surface area contributed by atoms with E-state index in [9.17, 15) is 4.79 Å². The number of hydrogen-bond donors (Lipinski definition) is 2. The number of carbonyl (C=O) groups excluding carboxylic acids is 1. The van der Waals surface area contributed by atoms with Crippen LogP contribution < -0.4 is 10.6 Å². The molecule has 1 aliphatic heterocycles. The van der Waals surface area contributed by atoms with Gasteiger partial charge in [-0.3, -0.25) is 4.79 Å². The molecule has 0 fully saturated rings. The van der Waals surface area contributed by atoms with Crippen LogP contribution >= 0.6 is 0 Å². The molecule has 1 amide bonds. The molecule has 3 rings (SSSR count). The van der Waals surface area contributed by atoms with Gasteiger partial charge in [-0.2, -0.15) is 10.1 Å². The Morgan fingerprint density at radius 2 is 2.00 bits per heavy atom. The number of allylic oxidation sites excluding steroid dienone is 1. The average Bonchev–Trinajstić information content (AvgIpc) is 2.96. The predicted octanol–water partition coefficient (Wildman–Crippen LogP) is 3.61. The molecule has 0 saturated heterocycles. The van der Waals surface area contributed by atoms with Gasteiger partial charge in [-0.1, -0.05) is 19.1 Å². The molecular weight excluding hydrogens is 314 g/mol. The maximum atomic E-state index is 12.3. The number of amides is 1. The maximum absolute atomic E-state index is 12.3. The van der Waals surface area contributed by atoms with E-state index in [-0.39, 0.29) is 11.9 Å². The summed E-state index contributed by atoms with van der Waals surface area (Å²) in [6.07, 6.45) is 2.13. The van der Waals surface area contributed by atoms with Crippen molar-refractivity contribution in [2.45, 2.75) is 53.0 Å². The fourth-order valence-corrected chi connectivity index (χ4v) is 3.17. The molecule has 0 aliphatic carbocycles. The summed E-state index contributed by atoms with van der Waals surface area (Å²) in [7, 11) is 0.